The van der Waals surface area contributed by atoms with E-state index < -0.39 is 0 Å². The van der Waals surface area contributed by atoms with Gasteiger partial charge in [0, 0.05) is 12.8 Å². The van der Waals surface area contributed by atoms with Gasteiger partial charge < -0.3 is 0 Å². The first-order valence-corrected chi connectivity index (χ1v) is 4.20. The maximum absolute atomic E-state index is 8.28. The summed E-state index contributed by atoms with van der Waals surface area (Å²) in [6.07, 6.45) is 6.07. The Labute approximate surface area is 74.1 Å². The Morgan fingerprint density at radius 1 is 1.25 bits per heavy atom. The lowest BCUT2D eigenvalue weighted by Crippen LogP contribution is -1.78. The number of rotatable bonds is 5. The fourth-order valence-electron chi connectivity index (χ4n) is 0.931. The second-order valence-corrected chi connectivity index (χ2v) is 2.76. The molecular weight excluding hydrogens is 148 g/mol. The van der Waals surface area contributed by atoms with Crippen LogP contribution in [0.15, 0.2) is 11.6 Å². The molecule has 0 aliphatic rings. The monoisotopic (exact) mass is 162 g/mol. The van der Waals surface area contributed by atoms with E-state index >= 15 is 0 Å². The summed E-state index contributed by atoms with van der Waals surface area (Å²) in [4.78, 5) is 0. The highest BCUT2D eigenvalue weighted by Crippen LogP contribution is 2.07. The zero-order valence-corrected chi connectivity index (χ0v) is 7.51. The maximum Gasteiger partial charge on any atom is 0.0625 e. The van der Waals surface area contributed by atoms with E-state index in [2.05, 4.69) is 25.1 Å². The van der Waals surface area contributed by atoms with Crippen LogP contribution in [0.5, 0.6) is 0 Å². The summed E-state index contributed by atoms with van der Waals surface area (Å²) in [7, 11) is 0. The van der Waals surface area contributed by atoms with Gasteiger partial charge in [-0.1, -0.05) is 11.6 Å². The Kier molecular flexibility index (Phi) is 6.99. The topological polar surface area (TPSA) is 47.6 Å². The third-order valence-corrected chi connectivity index (χ3v) is 1.61. The number of allylic oxidation sites excluding steroid dienone is 2. The van der Waals surface area contributed by atoms with Crippen LogP contribution in [0.1, 0.15) is 39.0 Å². The number of nitrogens with zero attached hydrogens (tertiary/aromatic N) is 2. The van der Waals surface area contributed by atoms with Crippen molar-refractivity contribution in [2.75, 3.05) is 0 Å². The third kappa shape index (κ3) is 6.83. The van der Waals surface area contributed by atoms with Crippen LogP contribution in [0, 0.1) is 22.7 Å². The van der Waals surface area contributed by atoms with Crippen LogP contribution in [0.25, 0.3) is 0 Å². The Bertz CT molecular complexity index is 215. The van der Waals surface area contributed by atoms with Crippen molar-refractivity contribution in [1.29, 1.82) is 10.5 Å². The van der Waals surface area contributed by atoms with Crippen LogP contribution in [-0.2, 0) is 0 Å². The molecule has 0 saturated carbocycles. The first-order valence-electron chi connectivity index (χ1n) is 4.20. The Balaban J connectivity index is 3.45. The van der Waals surface area contributed by atoms with Gasteiger partial charge in [-0.2, -0.15) is 10.5 Å². The third-order valence-electron chi connectivity index (χ3n) is 1.61. The molecule has 0 unspecified atom stereocenters. The molecule has 2 heteroatoms. The van der Waals surface area contributed by atoms with E-state index in [0.717, 1.165) is 19.3 Å². The molecule has 0 bridgehead atoms. The first kappa shape index (κ1) is 10.7. The predicted octanol–water partition coefficient (Wildman–Crippen LogP) is 2.93. The van der Waals surface area contributed by atoms with Gasteiger partial charge in [-0.15, -0.1) is 0 Å². The summed E-state index contributed by atoms with van der Waals surface area (Å²) in [6.45, 7) is 2.05. The van der Waals surface area contributed by atoms with Gasteiger partial charge in [-0.05, 0) is 26.2 Å². The van der Waals surface area contributed by atoms with Gasteiger partial charge in [-0.3, -0.25) is 0 Å². The Hall–Kier alpha value is -1.28. The fourth-order valence-corrected chi connectivity index (χ4v) is 0.931. The van der Waals surface area contributed by atoms with Crippen molar-refractivity contribution in [2.24, 2.45) is 0 Å². The van der Waals surface area contributed by atoms with Gasteiger partial charge in [0.2, 0.25) is 0 Å². The molecule has 64 valence electrons. The molecule has 0 aliphatic heterocycles. The molecule has 0 heterocycles. The smallest absolute Gasteiger partial charge is 0.0625 e. The summed E-state index contributed by atoms with van der Waals surface area (Å²) in [5, 5.41) is 16.6. The van der Waals surface area contributed by atoms with Gasteiger partial charge in [0.25, 0.3) is 0 Å². The Morgan fingerprint density at radius 3 is 2.50 bits per heavy atom. The molecule has 0 saturated heterocycles. The highest BCUT2D eigenvalue weighted by atomic mass is 14.2. The number of nitriles is 2. The van der Waals surface area contributed by atoms with Crippen molar-refractivity contribution in [1.82, 2.24) is 0 Å². The molecule has 0 rings (SSSR count). The van der Waals surface area contributed by atoms with Gasteiger partial charge in [0.1, 0.15) is 0 Å². The van der Waals surface area contributed by atoms with Gasteiger partial charge in [-0.25, -0.2) is 0 Å². The minimum Gasteiger partial charge on any atom is -0.198 e. The molecule has 0 spiro atoms. The van der Waals surface area contributed by atoms with E-state index in [0.29, 0.717) is 12.8 Å². The van der Waals surface area contributed by atoms with Crippen LogP contribution in [-0.4, -0.2) is 0 Å². The standard InChI is InChI=1S/C10H14N2/c1-10(6-2-4-8-11)7-3-5-9-12/h6H,2-5,7H2,1H3/b10-6+. The lowest BCUT2D eigenvalue weighted by atomic mass is 10.1. The van der Waals surface area contributed by atoms with E-state index in [4.69, 9.17) is 10.5 Å². The van der Waals surface area contributed by atoms with E-state index in [1.165, 1.54) is 5.57 Å². The quantitative estimate of drug-likeness (QED) is 0.461. The normalized spacial score (nSPS) is 10.4. The predicted molar refractivity (Wildman–Crippen MR) is 48.1 cm³/mol. The van der Waals surface area contributed by atoms with E-state index in [-0.39, 0.29) is 0 Å². The maximum atomic E-state index is 8.28. The molecule has 0 radical (unpaired) electrons. The van der Waals surface area contributed by atoms with Crippen LogP contribution >= 0.6 is 0 Å². The summed E-state index contributed by atoms with van der Waals surface area (Å²) in [6, 6.07) is 4.20. The number of hydrogen-bond donors (Lipinski definition) is 0. The van der Waals surface area contributed by atoms with Crippen LogP contribution < -0.4 is 0 Å². The summed E-state index contributed by atoms with van der Waals surface area (Å²) >= 11 is 0. The second-order valence-electron chi connectivity index (χ2n) is 2.76. The molecule has 12 heavy (non-hydrogen) atoms. The van der Waals surface area contributed by atoms with Crippen molar-refractivity contribution in [3.05, 3.63) is 11.6 Å². The summed E-state index contributed by atoms with van der Waals surface area (Å²) < 4.78 is 0. The summed E-state index contributed by atoms with van der Waals surface area (Å²) in [5.41, 5.74) is 1.29. The molecule has 0 aromatic carbocycles. The van der Waals surface area contributed by atoms with Gasteiger partial charge in [0.15, 0.2) is 0 Å². The number of unbranched alkanes of at least 4 members (excludes halogenated alkanes) is 2. The highest BCUT2D eigenvalue weighted by Gasteiger charge is 1.89. The molecule has 0 atom stereocenters. The molecule has 0 aromatic rings. The van der Waals surface area contributed by atoms with Gasteiger partial charge >= 0.3 is 0 Å². The molecule has 0 aromatic heterocycles. The fraction of sp³-hybridized carbons (Fsp3) is 0.600. The lowest BCUT2D eigenvalue weighted by molar-refractivity contribution is 0.831. The van der Waals surface area contributed by atoms with Crippen LogP contribution in [0.4, 0.5) is 0 Å². The van der Waals surface area contributed by atoms with E-state index in [1.807, 2.05) is 0 Å². The van der Waals surface area contributed by atoms with E-state index in [9.17, 15) is 0 Å². The minimum atomic E-state index is 0.593. The van der Waals surface area contributed by atoms with Crippen molar-refractivity contribution in [2.45, 2.75) is 39.0 Å². The average Bonchev–Trinajstić information content (AvgIpc) is 2.06. The minimum absolute atomic E-state index is 0.593. The first-order chi connectivity index (χ1) is 5.81. The summed E-state index contributed by atoms with van der Waals surface area (Å²) in [5.74, 6) is 0. The number of hydrogen-bond acceptors (Lipinski definition) is 2. The second kappa shape index (κ2) is 7.82. The van der Waals surface area contributed by atoms with Crippen LogP contribution in [0.3, 0.4) is 0 Å². The van der Waals surface area contributed by atoms with Crippen molar-refractivity contribution < 1.29 is 0 Å². The highest BCUT2D eigenvalue weighted by molar-refractivity contribution is 4.99. The molecule has 0 N–H and O–H groups in total. The van der Waals surface area contributed by atoms with Crippen LogP contribution in [0.2, 0.25) is 0 Å². The Morgan fingerprint density at radius 2 is 1.92 bits per heavy atom. The molecule has 0 amide bonds. The molecule has 0 fully saturated rings. The van der Waals surface area contributed by atoms with Gasteiger partial charge in [0.05, 0.1) is 12.1 Å². The van der Waals surface area contributed by atoms with Crippen molar-refractivity contribution in [3.8, 4) is 12.1 Å². The van der Waals surface area contributed by atoms with Crippen molar-refractivity contribution >= 4 is 0 Å². The largest absolute Gasteiger partial charge is 0.198 e. The van der Waals surface area contributed by atoms with E-state index in [1.54, 1.807) is 0 Å². The molecule has 2 nitrogen and oxygen atoms in total. The molecule has 0 aliphatic carbocycles. The zero-order valence-electron chi connectivity index (χ0n) is 7.51. The lowest BCUT2D eigenvalue weighted by Gasteiger charge is -1.96. The zero-order chi connectivity index (χ0) is 9.23. The van der Waals surface area contributed by atoms with Crippen molar-refractivity contribution in [3.63, 3.8) is 0 Å². The SMILES string of the molecule is C/C(=C\CCC#N)CCCC#N. The molecular formula is C10H14N2. The average molecular weight is 162 g/mol.